The summed E-state index contributed by atoms with van der Waals surface area (Å²) in [4.78, 5) is 14.7. The second-order valence-electron chi connectivity index (χ2n) is 7.43. The van der Waals surface area contributed by atoms with Gasteiger partial charge in [0.15, 0.2) is 0 Å². The highest BCUT2D eigenvalue weighted by Crippen LogP contribution is 2.45. The van der Waals surface area contributed by atoms with Gasteiger partial charge in [0.05, 0.1) is 11.2 Å². The van der Waals surface area contributed by atoms with Crippen LogP contribution in [0.3, 0.4) is 0 Å². The van der Waals surface area contributed by atoms with Crippen LogP contribution in [-0.2, 0) is 14.8 Å². The van der Waals surface area contributed by atoms with Crippen LogP contribution in [0.25, 0.3) is 0 Å². The summed E-state index contributed by atoms with van der Waals surface area (Å²) >= 11 is 0. The molecule has 1 aromatic carbocycles. The van der Waals surface area contributed by atoms with Crippen molar-refractivity contribution in [3.05, 3.63) is 35.9 Å². The molecule has 130 valence electrons. The van der Waals surface area contributed by atoms with Crippen LogP contribution in [0.15, 0.2) is 30.3 Å². The predicted molar refractivity (Wildman–Crippen MR) is 92.0 cm³/mol. The number of piperidine rings is 1. The van der Waals surface area contributed by atoms with Crippen molar-refractivity contribution < 1.29 is 13.2 Å². The molecule has 0 unspecified atom stereocenters. The zero-order chi connectivity index (χ0) is 16.9. The van der Waals surface area contributed by atoms with E-state index in [1.54, 1.807) is 4.31 Å². The van der Waals surface area contributed by atoms with Gasteiger partial charge in [0.1, 0.15) is 0 Å². The molecule has 3 fully saturated rings. The first-order chi connectivity index (χ1) is 11.4. The molecule has 1 spiro atoms. The lowest BCUT2D eigenvalue weighted by Crippen LogP contribution is -2.53. The zero-order valence-electron chi connectivity index (χ0n) is 14.0. The fourth-order valence-electron chi connectivity index (χ4n) is 4.29. The first-order valence-corrected chi connectivity index (χ1v) is 10.3. The molecule has 0 aromatic heterocycles. The normalized spacial score (nSPS) is 27.8. The van der Waals surface area contributed by atoms with Crippen molar-refractivity contribution in [3.63, 3.8) is 0 Å². The van der Waals surface area contributed by atoms with Crippen molar-refractivity contribution in [2.24, 2.45) is 0 Å². The molecular weight excluding hydrogens is 324 g/mol. The topological polar surface area (TPSA) is 57.7 Å². The minimum Gasteiger partial charge on any atom is -0.339 e. The lowest BCUT2D eigenvalue weighted by Gasteiger charge is -2.43. The van der Waals surface area contributed by atoms with Gasteiger partial charge in [-0.2, -0.15) is 0 Å². The van der Waals surface area contributed by atoms with Crippen molar-refractivity contribution >= 4 is 15.9 Å². The van der Waals surface area contributed by atoms with Crippen LogP contribution in [0.2, 0.25) is 0 Å². The molecule has 1 atom stereocenters. The minimum absolute atomic E-state index is 0.0946. The monoisotopic (exact) mass is 348 g/mol. The number of carbonyl (C=O) groups is 1. The number of hydrogen-bond acceptors (Lipinski definition) is 3. The Morgan fingerprint density at radius 2 is 1.71 bits per heavy atom. The Bertz CT molecular complexity index is 735. The molecule has 4 rings (SSSR count). The van der Waals surface area contributed by atoms with Gasteiger partial charge in [-0.1, -0.05) is 30.3 Å². The molecule has 1 saturated carbocycles. The van der Waals surface area contributed by atoms with Crippen molar-refractivity contribution in [2.45, 2.75) is 48.8 Å². The number of hydrogen-bond donors (Lipinski definition) is 0. The summed E-state index contributed by atoms with van der Waals surface area (Å²) in [7, 11) is -1.22. The van der Waals surface area contributed by atoms with E-state index in [2.05, 4.69) is 0 Å². The molecule has 1 aliphatic carbocycles. The molecule has 2 saturated heterocycles. The summed E-state index contributed by atoms with van der Waals surface area (Å²) in [5.74, 6) is 0.0717. The maximum Gasteiger partial charge on any atom is 0.230 e. The maximum absolute atomic E-state index is 12.8. The molecule has 5 nitrogen and oxygen atoms in total. The molecule has 2 aliphatic heterocycles. The standard InChI is InChI=1S/C18H24N2O3S/c1-19-17(21)16(14-5-3-2-4-6-14)13-18(19)9-11-20(12-10-18)24(22,23)15-7-8-15/h2-6,15-16H,7-13H2,1H3/t16-/m0/s1. The number of carbonyl (C=O) groups excluding carboxylic acids is 1. The van der Waals surface area contributed by atoms with Crippen molar-refractivity contribution in [1.82, 2.24) is 9.21 Å². The lowest BCUT2D eigenvalue weighted by atomic mass is 9.82. The minimum atomic E-state index is -3.10. The van der Waals surface area contributed by atoms with E-state index in [1.165, 1.54) is 0 Å². The summed E-state index contributed by atoms with van der Waals surface area (Å²) in [6, 6.07) is 9.94. The van der Waals surface area contributed by atoms with E-state index in [9.17, 15) is 13.2 Å². The molecule has 6 heteroatoms. The fourth-order valence-corrected chi connectivity index (χ4v) is 6.14. The Kier molecular flexibility index (Phi) is 3.73. The summed E-state index contributed by atoms with van der Waals surface area (Å²) in [5, 5.41) is -0.147. The van der Waals surface area contributed by atoms with Gasteiger partial charge >= 0.3 is 0 Å². The number of likely N-dealkylation sites (N-methyl/N-ethyl adjacent to an activating group) is 1. The number of likely N-dealkylation sites (tertiary alicyclic amines) is 1. The zero-order valence-corrected chi connectivity index (χ0v) is 14.8. The van der Waals surface area contributed by atoms with Gasteiger partial charge in [-0.15, -0.1) is 0 Å². The molecule has 1 amide bonds. The molecule has 2 heterocycles. The van der Waals surface area contributed by atoms with E-state index in [4.69, 9.17) is 0 Å². The summed E-state index contributed by atoms with van der Waals surface area (Å²) < 4.78 is 26.5. The molecule has 3 aliphatic rings. The smallest absolute Gasteiger partial charge is 0.230 e. The van der Waals surface area contributed by atoms with Crippen LogP contribution >= 0.6 is 0 Å². The van der Waals surface area contributed by atoms with Gasteiger partial charge in [-0.25, -0.2) is 12.7 Å². The molecule has 0 N–H and O–H groups in total. The summed E-state index contributed by atoms with van der Waals surface area (Å²) in [6.45, 7) is 1.08. The van der Waals surface area contributed by atoms with E-state index < -0.39 is 10.0 Å². The Morgan fingerprint density at radius 3 is 2.29 bits per heavy atom. The van der Waals surface area contributed by atoms with Gasteiger partial charge in [0.25, 0.3) is 0 Å². The third kappa shape index (κ3) is 2.47. The van der Waals surface area contributed by atoms with E-state index >= 15 is 0 Å². The van der Waals surface area contributed by atoms with Crippen LogP contribution in [0.5, 0.6) is 0 Å². The molecule has 24 heavy (non-hydrogen) atoms. The van der Waals surface area contributed by atoms with Gasteiger partial charge in [0, 0.05) is 25.7 Å². The van der Waals surface area contributed by atoms with E-state index in [0.29, 0.717) is 13.1 Å². The lowest BCUT2D eigenvalue weighted by molar-refractivity contribution is -0.131. The van der Waals surface area contributed by atoms with Gasteiger partial charge in [0.2, 0.25) is 15.9 Å². The summed E-state index contributed by atoms with van der Waals surface area (Å²) in [5.41, 5.74) is 0.881. The Balaban J connectivity index is 1.52. The van der Waals surface area contributed by atoms with E-state index in [-0.39, 0.29) is 22.6 Å². The Labute approximate surface area is 143 Å². The van der Waals surface area contributed by atoms with Crippen molar-refractivity contribution in [3.8, 4) is 0 Å². The number of nitrogens with zero attached hydrogens (tertiary/aromatic N) is 2. The average molecular weight is 348 g/mol. The van der Waals surface area contributed by atoms with Gasteiger partial charge < -0.3 is 4.90 Å². The average Bonchev–Trinajstić information content (AvgIpc) is 3.42. The first kappa shape index (κ1) is 16.1. The Hall–Kier alpha value is -1.40. The number of benzene rings is 1. The quantitative estimate of drug-likeness (QED) is 0.839. The third-order valence-corrected chi connectivity index (χ3v) is 8.48. The highest BCUT2D eigenvalue weighted by Gasteiger charge is 2.52. The molecule has 1 aromatic rings. The number of sulfonamides is 1. The molecular formula is C18H24N2O3S. The van der Waals surface area contributed by atoms with Crippen LogP contribution in [-0.4, -0.2) is 54.5 Å². The maximum atomic E-state index is 12.8. The first-order valence-electron chi connectivity index (χ1n) is 8.76. The van der Waals surface area contributed by atoms with Crippen LogP contribution in [0, 0.1) is 0 Å². The number of amides is 1. The molecule has 0 bridgehead atoms. The summed E-state index contributed by atoms with van der Waals surface area (Å²) in [6.07, 6.45) is 3.88. The highest BCUT2D eigenvalue weighted by molar-refractivity contribution is 7.90. The van der Waals surface area contributed by atoms with Crippen LogP contribution < -0.4 is 0 Å². The largest absolute Gasteiger partial charge is 0.339 e. The van der Waals surface area contributed by atoms with Crippen molar-refractivity contribution in [2.75, 3.05) is 20.1 Å². The Morgan fingerprint density at radius 1 is 1.08 bits per heavy atom. The predicted octanol–water partition coefficient (Wildman–Crippen LogP) is 1.96. The second-order valence-corrected chi connectivity index (χ2v) is 9.65. The van der Waals surface area contributed by atoms with Gasteiger partial charge in [-0.3, -0.25) is 4.79 Å². The second kappa shape index (κ2) is 5.56. The van der Waals surface area contributed by atoms with E-state index in [1.807, 2.05) is 42.3 Å². The van der Waals surface area contributed by atoms with Crippen LogP contribution in [0.4, 0.5) is 0 Å². The fraction of sp³-hybridized carbons (Fsp3) is 0.611. The highest BCUT2D eigenvalue weighted by atomic mass is 32.2. The van der Waals surface area contributed by atoms with E-state index in [0.717, 1.165) is 37.7 Å². The van der Waals surface area contributed by atoms with Crippen molar-refractivity contribution in [1.29, 1.82) is 0 Å². The number of rotatable bonds is 3. The molecule has 0 radical (unpaired) electrons. The third-order valence-electron chi connectivity index (χ3n) is 6.08. The van der Waals surface area contributed by atoms with Gasteiger partial charge in [-0.05, 0) is 37.7 Å². The SMILES string of the molecule is CN1C(=O)[C@H](c2ccccc2)CC12CCN(S(=O)(=O)C1CC1)CC2. The van der Waals surface area contributed by atoms with Crippen LogP contribution in [0.1, 0.15) is 43.6 Å².